The van der Waals surface area contributed by atoms with E-state index in [0.717, 1.165) is 0 Å². The van der Waals surface area contributed by atoms with Gasteiger partial charge in [-0.2, -0.15) is 0 Å². The molecule has 0 fully saturated rings. The molecule has 8 heteroatoms. The van der Waals surface area contributed by atoms with Crippen LogP contribution in [0.5, 0.6) is 0 Å². The zero-order valence-electron chi connectivity index (χ0n) is 10.7. The highest BCUT2D eigenvalue weighted by Gasteiger charge is 2.18. The number of nitrogens with one attached hydrogen (secondary N) is 1. The van der Waals surface area contributed by atoms with Crippen LogP contribution in [0.2, 0.25) is 0 Å². The van der Waals surface area contributed by atoms with Crippen LogP contribution in [-0.2, 0) is 20.8 Å². The summed E-state index contributed by atoms with van der Waals surface area (Å²) in [6, 6.07) is 4.60. The molecule has 0 spiro atoms. The summed E-state index contributed by atoms with van der Waals surface area (Å²) in [7, 11) is -4.57. The van der Waals surface area contributed by atoms with E-state index in [9.17, 15) is 12.6 Å². The molecule has 0 saturated carbocycles. The van der Waals surface area contributed by atoms with Gasteiger partial charge in [0.05, 0.1) is 4.90 Å². The monoisotopic (exact) mass is 368 g/mol. The molecule has 0 aromatic heterocycles. The first-order chi connectivity index (χ1) is 8.74. The number of anilines is 1. The Morgan fingerprint density at radius 2 is 2.11 bits per heavy atom. The maximum absolute atomic E-state index is 12.1. The fourth-order valence-electron chi connectivity index (χ4n) is 1.37. The molecule has 0 aliphatic rings. The summed E-state index contributed by atoms with van der Waals surface area (Å²) in [6.45, 7) is 2.06. The predicted molar refractivity (Wildman–Crippen MR) is 81.9 cm³/mol. The molecule has 0 aliphatic heterocycles. The van der Waals surface area contributed by atoms with E-state index >= 15 is 0 Å². The number of halogens is 1. The number of rotatable bonds is 6. The molecule has 5 nitrogen and oxygen atoms in total. The Bertz CT molecular complexity index is 575. The van der Waals surface area contributed by atoms with E-state index < -0.39 is 20.8 Å². The zero-order valence-corrected chi connectivity index (χ0v) is 13.9. The fourth-order valence-corrected chi connectivity index (χ4v) is 3.86. The number of hydrogen-bond acceptors (Lipinski definition) is 4. The molecule has 0 bridgehead atoms. The van der Waals surface area contributed by atoms with E-state index in [4.69, 9.17) is 5.73 Å². The van der Waals surface area contributed by atoms with Crippen molar-refractivity contribution < 1.29 is 12.6 Å². The first-order valence-electron chi connectivity index (χ1n) is 5.61. The first-order valence-corrected chi connectivity index (χ1v) is 9.50. The number of sulfonamides is 1. The van der Waals surface area contributed by atoms with Gasteiger partial charge in [-0.05, 0) is 40.5 Å². The smallest absolute Gasteiger partial charge is 0.241 e. The Labute approximate surface area is 124 Å². The lowest BCUT2D eigenvalue weighted by Gasteiger charge is -2.11. The van der Waals surface area contributed by atoms with E-state index in [-0.39, 0.29) is 16.7 Å². The molecule has 108 valence electrons. The number of hydrogen-bond donors (Lipinski definition) is 2. The van der Waals surface area contributed by atoms with Crippen LogP contribution in [0.4, 0.5) is 5.69 Å². The minimum absolute atomic E-state index is 0.0491. The maximum atomic E-state index is 12.1. The lowest BCUT2D eigenvalue weighted by molar-refractivity contribution is 0.577. The van der Waals surface area contributed by atoms with Crippen molar-refractivity contribution in [2.45, 2.75) is 23.5 Å². The van der Waals surface area contributed by atoms with Crippen molar-refractivity contribution in [1.82, 2.24) is 4.72 Å². The highest BCUT2D eigenvalue weighted by atomic mass is 79.9. The van der Waals surface area contributed by atoms with Gasteiger partial charge in [-0.25, -0.2) is 13.1 Å². The lowest BCUT2D eigenvalue weighted by atomic mass is 10.3. The highest BCUT2D eigenvalue weighted by molar-refractivity contribution is 9.10. The Morgan fingerprint density at radius 3 is 2.68 bits per heavy atom. The molecular weight excluding hydrogens is 352 g/mol. The number of nitrogens with two attached hydrogens (primary N) is 1. The molecule has 0 aliphatic carbocycles. The topological polar surface area (TPSA) is 89.3 Å². The summed E-state index contributed by atoms with van der Waals surface area (Å²) in [5, 5.41) is -0.0491. The Balaban J connectivity index is 2.76. The molecule has 2 atom stereocenters. The minimum Gasteiger partial charge on any atom is -0.399 e. The van der Waals surface area contributed by atoms with Crippen LogP contribution in [0.1, 0.15) is 13.3 Å². The van der Waals surface area contributed by atoms with Crippen molar-refractivity contribution >= 4 is 42.4 Å². The molecule has 0 heterocycles. The average molecular weight is 369 g/mol. The van der Waals surface area contributed by atoms with Crippen LogP contribution in [0, 0.1) is 0 Å². The quantitative estimate of drug-likeness (QED) is 0.743. The van der Waals surface area contributed by atoms with Gasteiger partial charge in [0.2, 0.25) is 10.0 Å². The van der Waals surface area contributed by atoms with Crippen molar-refractivity contribution in [3.05, 3.63) is 22.7 Å². The van der Waals surface area contributed by atoms with Gasteiger partial charge >= 0.3 is 0 Å². The van der Waals surface area contributed by atoms with Gasteiger partial charge in [-0.3, -0.25) is 4.21 Å². The van der Waals surface area contributed by atoms with E-state index in [2.05, 4.69) is 20.7 Å². The van der Waals surface area contributed by atoms with Crippen LogP contribution in [-0.4, -0.2) is 30.7 Å². The van der Waals surface area contributed by atoms with Gasteiger partial charge in [0, 0.05) is 39.0 Å². The average Bonchev–Trinajstić information content (AvgIpc) is 2.31. The van der Waals surface area contributed by atoms with Gasteiger partial charge in [-0.1, -0.05) is 6.92 Å². The fraction of sp³-hybridized carbons (Fsp3) is 0.455. The molecule has 1 aromatic carbocycles. The lowest BCUT2D eigenvalue weighted by Crippen LogP contribution is -2.28. The minimum atomic E-state index is -3.61. The largest absolute Gasteiger partial charge is 0.399 e. The second kappa shape index (κ2) is 6.83. The van der Waals surface area contributed by atoms with Gasteiger partial charge in [0.25, 0.3) is 0 Å². The second-order valence-corrected chi connectivity index (χ2v) is 8.58. The molecule has 2 unspecified atom stereocenters. The summed E-state index contributed by atoms with van der Waals surface area (Å²) in [4.78, 5) is 0.109. The van der Waals surface area contributed by atoms with Crippen molar-refractivity contribution in [1.29, 1.82) is 0 Å². The SMILES string of the molecule is CC(CCNS(=O)(=O)c1cc(N)ccc1Br)S(C)=O. The van der Waals surface area contributed by atoms with Crippen LogP contribution >= 0.6 is 15.9 Å². The van der Waals surface area contributed by atoms with Crippen LogP contribution in [0.15, 0.2) is 27.6 Å². The number of nitrogen functional groups attached to an aromatic ring is 1. The molecule has 19 heavy (non-hydrogen) atoms. The second-order valence-electron chi connectivity index (χ2n) is 4.19. The molecule has 1 rings (SSSR count). The van der Waals surface area contributed by atoms with Crippen molar-refractivity contribution in [2.75, 3.05) is 18.5 Å². The molecule has 0 saturated heterocycles. The first kappa shape index (κ1) is 16.6. The van der Waals surface area contributed by atoms with Gasteiger partial charge in [0.1, 0.15) is 0 Å². The number of benzene rings is 1. The Hall–Kier alpha value is -0.440. The van der Waals surface area contributed by atoms with Crippen molar-refractivity contribution in [3.63, 3.8) is 0 Å². The normalized spacial score (nSPS) is 15.1. The highest BCUT2D eigenvalue weighted by Crippen LogP contribution is 2.23. The van der Waals surface area contributed by atoms with Gasteiger partial charge in [-0.15, -0.1) is 0 Å². The summed E-state index contributed by atoms with van der Waals surface area (Å²) in [5.74, 6) is 0. The van der Waals surface area contributed by atoms with Gasteiger partial charge in [0.15, 0.2) is 0 Å². The van der Waals surface area contributed by atoms with Crippen LogP contribution in [0.3, 0.4) is 0 Å². The van der Waals surface area contributed by atoms with E-state index in [1.807, 2.05) is 6.92 Å². The van der Waals surface area contributed by atoms with E-state index in [0.29, 0.717) is 16.6 Å². The van der Waals surface area contributed by atoms with Crippen molar-refractivity contribution in [2.24, 2.45) is 0 Å². The van der Waals surface area contributed by atoms with Crippen LogP contribution < -0.4 is 10.5 Å². The van der Waals surface area contributed by atoms with Crippen LogP contribution in [0.25, 0.3) is 0 Å². The summed E-state index contributed by atoms with van der Waals surface area (Å²) >= 11 is 3.19. The summed E-state index contributed by atoms with van der Waals surface area (Å²) in [6.07, 6.45) is 2.12. The maximum Gasteiger partial charge on any atom is 0.241 e. The third-order valence-electron chi connectivity index (χ3n) is 2.65. The Morgan fingerprint density at radius 1 is 1.47 bits per heavy atom. The summed E-state index contributed by atoms with van der Waals surface area (Å²) < 4.78 is 38.3. The third kappa shape index (κ3) is 4.87. The standard InChI is InChI=1S/C11H17BrN2O3S2/c1-8(18(2)15)5-6-14-19(16,17)11-7-9(13)3-4-10(11)12/h3-4,7-8,14H,5-6,13H2,1-2H3. The molecule has 0 radical (unpaired) electrons. The molecule has 1 aromatic rings. The summed E-state index contributed by atoms with van der Waals surface area (Å²) in [5.41, 5.74) is 5.97. The predicted octanol–water partition coefficient (Wildman–Crippen LogP) is 1.47. The zero-order chi connectivity index (χ0) is 14.6. The molecular formula is C11H17BrN2O3S2. The van der Waals surface area contributed by atoms with E-state index in [1.54, 1.807) is 18.4 Å². The van der Waals surface area contributed by atoms with Gasteiger partial charge < -0.3 is 5.73 Å². The molecule has 0 amide bonds. The van der Waals surface area contributed by atoms with Crippen molar-refractivity contribution in [3.8, 4) is 0 Å². The molecule has 3 N–H and O–H groups in total. The van der Waals surface area contributed by atoms with E-state index in [1.165, 1.54) is 6.07 Å². The third-order valence-corrected chi connectivity index (χ3v) is 6.48. The Kier molecular flexibility index (Phi) is 5.97.